The number of carboxylic acid groups (broad SMARTS) is 1. The first-order valence-electron chi connectivity index (χ1n) is 7.66. The van der Waals surface area contributed by atoms with Crippen LogP contribution in [-0.4, -0.2) is 28.5 Å². The predicted octanol–water partition coefficient (Wildman–Crippen LogP) is 3.57. The molecule has 1 heterocycles. The van der Waals surface area contributed by atoms with Gasteiger partial charge in [-0.25, -0.2) is 9.37 Å². The lowest BCUT2D eigenvalue weighted by molar-refractivity contribution is -0.149. The highest BCUT2D eigenvalue weighted by atomic mass is 32.1. The van der Waals surface area contributed by atoms with Gasteiger partial charge in [0.05, 0.1) is 11.6 Å². The van der Waals surface area contributed by atoms with Crippen LogP contribution in [0, 0.1) is 11.2 Å². The number of aliphatic carboxylic acids is 1. The summed E-state index contributed by atoms with van der Waals surface area (Å²) in [7, 11) is 0. The van der Waals surface area contributed by atoms with Gasteiger partial charge in [0.2, 0.25) is 0 Å². The van der Waals surface area contributed by atoms with Gasteiger partial charge in [0.15, 0.2) is 0 Å². The summed E-state index contributed by atoms with van der Waals surface area (Å²) in [4.78, 5) is 28.1. The van der Waals surface area contributed by atoms with E-state index < -0.39 is 23.1 Å². The average Bonchev–Trinajstić information content (AvgIpc) is 3.06. The third-order valence-electron chi connectivity index (χ3n) is 4.23. The van der Waals surface area contributed by atoms with Gasteiger partial charge in [-0.15, -0.1) is 11.3 Å². The first-order chi connectivity index (χ1) is 11.4. The normalized spacial score (nSPS) is 11.3. The van der Waals surface area contributed by atoms with Crippen LogP contribution in [0.25, 0.3) is 10.6 Å². The van der Waals surface area contributed by atoms with Gasteiger partial charge in [0.1, 0.15) is 15.7 Å². The number of nitrogens with zero attached hydrogens (tertiary/aromatic N) is 1. The van der Waals surface area contributed by atoms with Crippen molar-refractivity contribution in [2.24, 2.45) is 5.41 Å². The molecule has 0 aliphatic carbocycles. The Morgan fingerprint density at radius 2 is 1.96 bits per heavy atom. The zero-order valence-corrected chi connectivity index (χ0v) is 14.3. The first-order valence-corrected chi connectivity index (χ1v) is 8.47. The van der Waals surface area contributed by atoms with E-state index in [-0.39, 0.29) is 6.54 Å². The summed E-state index contributed by atoms with van der Waals surface area (Å²) < 4.78 is 13.8. The molecular weight excluding hydrogens is 331 g/mol. The van der Waals surface area contributed by atoms with Crippen molar-refractivity contribution in [3.63, 3.8) is 0 Å². The number of thiazole rings is 1. The number of nitrogens with one attached hydrogen (secondary N) is 1. The minimum Gasteiger partial charge on any atom is -0.481 e. The Bertz CT molecular complexity index is 741. The van der Waals surface area contributed by atoms with Crippen molar-refractivity contribution in [2.75, 3.05) is 6.54 Å². The lowest BCUT2D eigenvalue weighted by Crippen LogP contribution is -2.42. The molecule has 0 radical (unpaired) electrons. The fourth-order valence-corrected chi connectivity index (χ4v) is 3.21. The van der Waals surface area contributed by atoms with Crippen molar-refractivity contribution in [3.05, 3.63) is 41.2 Å². The zero-order valence-electron chi connectivity index (χ0n) is 13.5. The quantitative estimate of drug-likeness (QED) is 0.800. The number of carboxylic acids is 1. The molecule has 24 heavy (non-hydrogen) atoms. The maximum absolute atomic E-state index is 13.8. The number of rotatable bonds is 7. The maximum atomic E-state index is 13.8. The molecule has 0 bridgehead atoms. The molecule has 2 rings (SSSR count). The van der Waals surface area contributed by atoms with Gasteiger partial charge in [-0.1, -0.05) is 26.0 Å². The Morgan fingerprint density at radius 1 is 1.29 bits per heavy atom. The number of carbonyl (C=O) groups excluding carboxylic acids is 1. The number of aromatic nitrogens is 1. The highest BCUT2D eigenvalue weighted by molar-refractivity contribution is 7.16. The Labute approximate surface area is 143 Å². The molecule has 1 aromatic heterocycles. The Balaban J connectivity index is 2.12. The summed E-state index contributed by atoms with van der Waals surface area (Å²) in [6, 6.07) is 6.21. The smallest absolute Gasteiger partial charge is 0.311 e. The third kappa shape index (κ3) is 3.62. The van der Waals surface area contributed by atoms with Crippen LogP contribution < -0.4 is 5.32 Å². The minimum absolute atomic E-state index is 0.0428. The first kappa shape index (κ1) is 18.1. The SMILES string of the molecule is CCC(CC)(CNC(=O)c1cnc(-c2ccccc2F)s1)C(=O)O. The van der Waals surface area contributed by atoms with Gasteiger partial charge in [-0.2, -0.15) is 0 Å². The minimum atomic E-state index is -0.977. The van der Waals surface area contributed by atoms with E-state index in [2.05, 4.69) is 10.3 Å². The van der Waals surface area contributed by atoms with Crippen molar-refractivity contribution in [3.8, 4) is 10.6 Å². The highest BCUT2D eigenvalue weighted by Crippen LogP contribution is 2.28. The standard InChI is InChI=1S/C17H19FN2O3S/c1-3-17(4-2,16(22)23)10-20-14(21)13-9-19-15(24-13)11-7-5-6-8-12(11)18/h5-9H,3-4,10H2,1-2H3,(H,20,21)(H,22,23). The third-order valence-corrected chi connectivity index (χ3v) is 5.26. The lowest BCUT2D eigenvalue weighted by Gasteiger charge is -2.26. The number of halogens is 1. The molecule has 128 valence electrons. The van der Waals surface area contributed by atoms with Crippen molar-refractivity contribution in [2.45, 2.75) is 26.7 Å². The molecule has 0 spiro atoms. The van der Waals surface area contributed by atoms with E-state index in [1.54, 1.807) is 32.0 Å². The molecule has 5 nitrogen and oxygen atoms in total. The number of hydrogen-bond acceptors (Lipinski definition) is 4. The monoisotopic (exact) mass is 350 g/mol. The average molecular weight is 350 g/mol. The topological polar surface area (TPSA) is 79.3 Å². The Morgan fingerprint density at radius 3 is 2.54 bits per heavy atom. The predicted molar refractivity (Wildman–Crippen MR) is 90.5 cm³/mol. The summed E-state index contributed by atoms with van der Waals surface area (Å²) in [5.41, 5.74) is -0.641. The summed E-state index contributed by atoms with van der Waals surface area (Å²) in [5.74, 6) is -1.73. The van der Waals surface area contributed by atoms with Gasteiger partial charge in [-0.3, -0.25) is 9.59 Å². The van der Waals surface area contributed by atoms with Crippen molar-refractivity contribution < 1.29 is 19.1 Å². The largest absolute Gasteiger partial charge is 0.481 e. The number of carbonyl (C=O) groups is 2. The summed E-state index contributed by atoms with van der Waals surface area (Å²) in [6.07, 6.45) is 2.21. The van der Waals surface area contributed by atoms with Crippen molar-refractivity contribution >= 4 is 23.2 Å². The molecule has 2 aromatic rings. The maximum Gasteiger partial charge on any atom is 0.311 e. The van der Waals surface area contributed by atoms with E-state index in [4.69, 9.17) is 0 Å². The van der Waals surface area contributed by atoms with Crippen LogP contribution in [0.1, 0.15) is 36.4 Å². The van der Waals surface area contributed by atoms with Gasteiger partial charge < -0.3 is 10.4 Å². The van der Waals surface area contributed by atoms with Gasteiger partial charge >= 0.3 is 5.97 Å². The van der Waals surface area contributed by atoms with Gasteiger partial charge in [-0.05, 0) is 25.0 Å². The molecule has 0 unspecified atom stereocenters. The van der Waals surface area contributed by atoms with Crippen LogP contribution in [-0.2, 0) is 4.79 Å². The molecule has 0 aliphatic heterocycles. The highest BCUT2D eigenvalue weighted by Gasteiger charge is 2.35. The Hall–Kier alpha value is -2.28. The number of benzene rings is 1. The molecule has 0 atom stereocenters. The van der Waals surface area contributed by atoms with Crippen LogP contribution in [0.15, 0.2) is 30.5 Å². The van der Waals surface area contributed by atoms with E-state index in [1.165, 1.54) is 12.3 Å². The van der Waals surface area contributed by atoms with Gasteiger partial charge in [0, 0.05) is 12.1 Å². The summed E-state index contributed by atoms with van der Waals surface area (Å²) >= 11 is 1.07. The van der Waals surface area contributed by atoms with Crippen LogP contribution >= 0.6 is 11.3 Å². The summed E-state index contributed by atoms with van der Waals surface area (Å²) in [5, 5.41) is 12.5. The van der Waals surface area contributed by atoms with Crippen LogP contribution in [0.3, 0.4) is 0 Å². The van der Waals surface area contributed by atoms with E-state index in [9.17, 15) is 19.1 Å². The molecule has 7 heteroatoms. The van der Waals surface area contributed by atoms with Crippen LogP contribution in [0.5, 0.6) is 0 Å². The van der Waals surface area contributed by atoms with Crippen molar-refractivity contribution in [1.82, 2.24) is 10.3 Å². The fraction of sp³-hybridized carbons (Fsp3) is 0.353. The molecule has 0 fully saturated rings. The van der Waals surface area contributed by atoms with Crippen molar-refractivity contribution in [1.29, 1.82) is 0 Å². The number of amides is 1. The Kier molecular flexibility index (Phi) is 5.66. The second kappa shape index (κ2) is 7.53. The molecule has 1 amide bonds. The van der Waals surface area contributed by atoms with E-state index in [0.29, 0.717) is 28.3 Å². The number of hydrogen-bond donors (Lipinski definition) is 2. The van der Waals surface area contributed by atoms with Crippen LogP contribution in [0.2, 0.25) is 0 Å². The lowest BCUT2D eigenvalue weighted by atomic mass is 9.82. The van der Waals surface area contributed by atoms with E-state index >= 15 is 0 Å². The fourth-order valence-electron chi connectivity index (χ4n) is 2.35. The molecule has 0 aliphatic rings. The molecule has 0 saturated heterocycles. The second-order valence-electron chi connectivity index (χ2n) is 5.48. The molecular formula is C17H19FN2O3S. The molecule has 2 N–H and O–H groups in total. The zero-order chi connectivity index (χ0) is 17.7. The van der Waals surface area contributed by atoms with E-state index in [0.717, 1.165) is 11.3 Å². The second-order valence-corrected chi connectivity index (χ2v) is 6.52. The van der Waals surface area contributed by atoms with Gasteiger partial charge in [0.25, 0.3) is 5.91 Å². The van der Waals surface area contributed by atoms with E-state index in [1.807, 2.05) is 0 Å². The molecule has 1 aromatic carbocycles. The summed E-state index contributed by atoms with van der Waals surface area (Å²) in [6.45, 7) is 3.61. The molecule has 0 saturated carbocycles. The van der Waals surface area contributed by atoms with Crippen LogP contribution in [0.4, 0.5) is 4.39 Å².